The number of amides is 1. The molecule has 0 radical (unpaired) electrons. The fourth-order valence-electron chi connectivity index (χ4n) is 3.30. The molecule has 28 heavy (non-hydrogen) atoms. The van der Waals surface area contributed by atoms with E-state index < -0.39 is 0 Å². The molecule has 3 aromatic heterocycles. The highest BCUT2D eigenvalue weighted by molar-refractivity contribution is 7.10. The SMILES string of the molecule is Cc1ncc(OC[C@@]2(c3cccs3)C[C@H]2C(=O)Nc2ccc(Cl)cn2)c(C)n1. The van der Waals surface area contributed by atoms with Gasteiger partial charge >= 0.3 is 0 Å². The van der Waals surface area contributed by atoms with Crippen LogP contribution in [0.5, 0.6) is 5.75 Å². The van der Waals surface area contributed by atoms with E-state index >= 15 is 0 Å². The minimum atomic E-state index is -0.345. The minimum Gasteiger partial charge on any atom is -0.489 e. The molecule has 1 fully saturated rings. The van der Waals surface area contributed by atoms with Crippen LogP contribution in [0.15, 0.2) is 42.0 Å². The van der Waals surface area contributed by atoms with E-state index in [4.69, 9.17) is 16.3 Å². The zero-order valence-electron chi connectivity index (χ0n) is 15.5. The summed E-state index contributed by atoms with van der Waals surface area (Å²) >= 11 is 7.50. The van der Waals surface area contributed by atoms with Crippen molar-refractivity contribution in [2.75, 3.05) is 11.9 Å². The summed E-state index contributed by atoms with van der Waals surface area (Å²) in [7, 11) is 0. The number of aromatic nitrogens is 3. The van der Waals surface area contributed by atoms with Crippen molar-refractivity contribution in [2.45, 2.75) is 25.7 Å². The van der Waals surface area contributed by atoms with Gasteiger partial charge in [-0.2, -0.15) is 0 Å². The molecule has 0 saturated heterocycles. The molecule has 8 heteroatoms. The molecule has 2 atom stereocenters. The molecular weight excluding hydrogens is 396 g/mol. The second kappa shape index (κ2) is 7.48. The third-order valence-corrected chi connectivity index (χ3v) is 6.24. The Morgan fingerprint density at radius 2 is 2.18 bits per heavy atom. The molecule has 1 aliphatic carbocycles. The van der Waals surface area contributed by atoms with Crippen LogP contribution in [0.2, 0.25) is 5.02 Å². The average molecular weight is 415 g/mol. The Labute approximate surface area is 172 Å². The topological polar surface area (TPSA) is 77.0 Å². The first-order chi connectivity index (χ1) is 13.5. The van der Waals surface area contributed by atoms with Crippen LogP contribution in [0.1, 0.15) is 22.8 Å². The fraction of sp³-hybridized carbons (Fsp3) is 0.300. The molecule has 0 bridgehead atoms. The number of hydrogen-bond acceptors (Lipinski definition) is 6. The summed E-state index contributed by atoms with van der Waals surface area (Å²) in [4.78, 5) is 26.7. The number of carbonyl (C=O) groups is 1. The smallest absolute Gasteiger partial charge is 0.229 e. The number of nitrogens with zero attached hydrogens (tertiary/aromatic N) is 3. The third kappa shape index (κ3) is 3.72. The van der Waals surface area contributed by atoms with Crippen molar-refractivity contribution in [1.29, 1.82) is 0 Å². The highest BCUT2D eigenvalue weighted by Crippen LogP contribution is 2.56. The first-order valence-corrected chi connectivity index (χ1v) is 10.1. The largest absolute Gasteiger partial charge is 0.489 e. The summed E-state index contributed by atoms with van der Waals surface area (Å²) in [6.45, 7) is 4.13. The molecule has 1 aliphatic rings. The Hall–Kier alpha value is -2.51. The van der Waals surface area contributed by atoms with Gasteiger partial charge in [0.15, 0.2) is 5.75 Å². The molecule has 1 amide bonds. The van der Waals surface area contributed by atoms with Crippen molar-refractivity contribution < 1.29 is 9.53 Å². The first kappa shape index (κ1) is 18.8. The highest BCUT2D eigenvalue weighted by Gasteiger charge is 2.60. The van der Waals surface area contributed by atoms with Gasteiger partial charge in [0.2, 0.25) is 5.91 Å². The van der Waals surface area contributed by atoms with Crippen molar-refractivity contribution >= 4 is 34.7 Å². The lowest BCUT2D eigenvalue weighted by Crippen LogP contribution is -2.26. The van der Waals surface area contributed by atoms with Crippen molar-refractivity contribution in [3.63, 3.8) is 0 Å². The lowest BCUT2D eigenvalue weighted by Gasteiger charge is -2.18. The lowest BCUT2D eigenvalue weighted by molar-refractivity contribution is -0.117. The average Bonchev–Trinajstić information content (AvgIpc) is 3.14. The summed E-state index contributed by atoms with van der Waals surface area (Å²) in [6.07, 6.45) is 3.92. The van der Waals surface area contributed by atoms with Crippen LogP contribution in [0.4, 0.5) is 5.82 Å². The number of rotatable bonds is 6. The van der Waals surface area contributed by atoms with Crippen LogP contribution in [-0.4, -0.2) is 27.5 Å². The lowest BCUT2D eigenvalue weighted by atomic mass is 10.0. The van der Waals surface area contributed by atoms with Gasteiger partial charge in [0.05, 0.1) is 34.9 Å². The van der Waals surface area contributed by atoms with E-state index in [0.717, 1.165) is 17.0 Å². The second-order valence-corrected chi connectivity index (χ2v) is 8.28. The van der Waals surface area contributed by atoms with E-state index in [0.29, 0.717) is 29.0 Å². The molecule has 3 heterocycles. The third-order valence-electron chi connectivity index (χ3n) is 4.92. The van der Waals surface area contributed by atoms with Crippen LogP contribution in [-0.2, 0) is 10.2 Å². The van der Waals surface area contributed by atoms with E-state index in [1.165, 1.54) is 6.20 Å². The monoisotopic (exact) mass is 414 g/mol. The molecule has 1 saturated carbocycles. The molecule has 144 valence electrons. The maximum Gasteiger partial charge on any atom is 0.229 e. The molecule has 0 spiro atoms. The van der Waals surface area contributed by atoms with Crippen LogP contribution in [0.25, 0.3) is 0 Å². The van der Waals surface area contributed by atoms with Gasteiger partial charge in [-0.15, -0.1) is 11.3 Å². The van der Waals surface area contributed by atoms with Gasteiger partial charge in [-0.1, -0.05) is 17.7 Å². The molecule has 0 unspecified atom stereocenters. The summed E-state index contributed by atoms with van der Waals surface area (Å²) in [5.41, 5.74) is 0.447. The van der Waals surface area contributed by atoms with Crippen molar-refractivity contribution in [3.8, 4) is 5.75 Å². The Morgan fingerprint density at radius 1 is 1.32 bits per heavy atom. The van der Waals surface area contributed by atoms with Gasteiger partial charge in [0.25, 0.3) is 0 Å². The number of anilines is 1. The number of carbonyl (C=O) groups excluding carboxylic acids is 1. The predicted molar refractivity (Wildman–Crippen MR) is 109 cm³/mol. The van der Waals surface area contributed by atoms with Gasteiger partial charge in [-0.3, -0.25) is 4.79 Å². The normalized spacial score (nSPS) is 20.6. The minimum absolute atomic E-state index is 0.0660. The maximum atomic E-state index is 12.8. The van der Waals surface area contributed by atoms with Crippen molar-refractivity contribution in [3.05, 3.63) is 63.5 Å². The van der Waals surface area contributed by atoms with Gasteiger partial charge < -0.3 is 10.1 Å². The zero-order chi connectivity index (χ0) is 19.7. The Balaban J connectivity index is 1.50. The molecule has 6 nitrogen and oxygen atoms in total. The molecule has 0 aromatic carbocycles. The molecular formula is C20H19ClN4O2S. The summed E-state index contributed by atoms with van der Waals surface area (Å²) in [5.74, 6) is 1.59. The molecule has 4 rings (SSSR count). The number of hydrogen-bond donors (Lipinski definition) is 1. The number of aryl methyl sites for hydroxylation is 2. The van der Waals surface area contributed by atoms with Crippen molar-refractivity contribution in [1.82, 2.24) is 15.0 Å². The van der Waals surface area contributed by atoms with E-state index in [1.54, 1.807) is 29.7 Å². The quantitative estimate of drug-likeness (QED) is 0.654. The van der Waals surface area contributed by atoms with E-state index in [1.807, 2.05) is 25.3 Å². The molecule has 3 aromatic rings. The number of halogens is 1. The van der Waals surface area contributed by atoms with Crippen LogP contribution in [0, 0.1) is 19.8 Å². The zero-order valence-corrected chi connectivity index (χ0v) is 17.0. The Kier molecular flexibility index (Phi) is 5.03. The summed E-state index contributed by atoms with van der Waals surface area (Å²) in [5, 5.41) is 5.43. The Morgan fingerprint density at radius 3 is 2.86 bits per heavy atom. The van der Waals surface area contributed by atoms with Crippen LogP contribution in [0.3, 0.4) is 0 Å². The van der Waals surface area contributed by atoms with E-state index in [-0.39, 0.29) is 17.2 Å². The fourth-order valence-corrected chi connectivity index (χ4v) is 4.39. The van der Waals surface area contributed by atoms with Crippen molar-refractivity contribution in [2.24, 2.45) is 5.92 Å². The predicted octanol–water partition coefficient (Wildman–Crippen LogP) is 4.18. The maximum absolute atomic E-state index is 12.8. The number of ether oxygens (including phenoxy) is 1. The number of pyridine rings is 1. The van der Waals surface area contributed by atoms with Crippen LogP contribution < -0.4 is 10.1 Å². The molecule has 0 aliphatic heterocycles. The van der Waals surface area contributed by atoms with E-state index in [2.05, 4.69) is 26.3 Å². The van der Waals surface area contributed by atoms with Gasteiger partial charge in [0, 0.05) is 11.1 Å². The second-order valence-electron chi connectivity index (χ2n) is 6.90. The first-order valence-electron chi connectivity index (χ1n) is 8.87. The summed E-state index contributed by atoms with van der Waals surface area (Å²) in [6, 6.07) is 7.45. The summed E-state index contributed by atoms with van der Waals surface area (Å²) < 4.78 is 6.06. The van der Waals surface area contributed by atoms with Gasteiger partial charge in [-0.25, -0.2) is 15.0 Å². The van der Waals surface area contributed by atoms with Gasteiger partial charge in [-0.05, 0) is 43.8 Å². The number of thiophene rings is 1. The van der Waals surface area contributed by atoms with Crippen LogP contribution >= 0.6 is 22.9 Å². The number of nitrogens with one attached hydrogen (secondary N) is 1. The standard InChI is InChI=1S/C20H19ClN4O2S/c1-12-16(10-22-13(2)24-12)27-11-20(17-4-3-7-28-17)8-15(20)19(26)25-18-6-5-14(21)9-23-18/h3-7,9-10,15H,8,11H2,1-2H3,(H,23,25,26)/t15-,20-/m0/s1. The van der Waals surface area contributed by atoms with E-state index in [9.17, 15) is 4.79 Å². The Bertz CT molecular complexity index is 994. The highest BCUT2D eigenvalue weighted by atomic mass is 35.5. The molecule has 1 N–H and O–H groups in total. The van der Waals surface area contributed by atoms with Gasteiger partial charge in [0.1, 0.15) is 11.6 Å².